The Balaban J connectivity index is 2.01. The maximum atomic E-state index is 10.9. The van der Waals surface area contributed by atoms with Gasteiger partial charge in [-0.15, -0.1) is 0 Å². The number of aliphatic hydroxyl groups excluding tert-OH is 1. The number of hydrogen-bond acceptors (Lipinski definition) is 5. The molecule has 1 aliphatic rings. The lowest BCUT2D eigenvalue weighted by atomic mass is 9.87. The number of imidazole rings is 1. The first-order chi connectivity index (χ1) is 8.99. The van der Waals surface area contributed by atoms with Crippen LogP contribution in [-0.2, 0) is 7.05 Å². The molecule has 1 saturated carbocycles. The van der Waals surface area contributed by atoms with Gasteiger partial charge in [-0.1, -0.05) is 0 Å². The number of aromatic nitrogens is 2. The largest absolute Gasteiger partial charge is 0.406 e. The van der Waals surface area contributed by atoms with E-state index in [0.29, 0.717) is 24.1 Å². The molecule has 0 aromatic carbocycles. The molecule has 0 atom stereocenters. The quantitative estimate of drug-likeness (QED) is 0.639. The van der Waals surface area contributed by atoms with Gasteiger partial charge in [0.05, 0.1) is 6.10 Å². The number of nitrogens with one attached hydrogen (secondary N) is 1. The van der Waals surface area contributed by atoms with Crippen LogP contribution in [-0.4, -0.2) is 32.2 Å². The molecular formula is C12H20N4O3. The van der Waals surface area contributed by atoms with E-state index in [9.17, 15) is 15.2 Å². The van der Waals surface area contributed by atoms with E-state index in [1.165, 1.54) is 0 Å². The van der Waals surface area contributed by atoms with Crippen LogP contribution in [0.25, 0.3) is 0 Å². The van der Waals surface area contributed by atoms with Gasteiger partial charge in [-0.2, -0.15) is 0 Å². The number of nitro groups is 1. The molecule has 19 heavy (non-hydrogen) atoms. The summed E-state index contributed by atoms with van der Waals surface area (Å²) in [7, 11) is 1.77. The van der Waals surface area contributed by atoms with Gasteiger partial charge >= 0.3 is 5.82 Å². The summed E-state index contributed by atoms with van der Waals surface area (Å²) in [5.74, 6) is 1.43. The van der Waals surface area contributed by atoms with Crippen LogP contribution in [0.15, 0.2) is 0 Å². The van der Waals surface area contributed by atoms with E-state index in [4.69, 9.17) is 0 Å². The fourth-order valence-corrected chi connectivity index (χ4v) is 2.51. The molecule has 1 aliphatic carbocycles. The second-order valence-corrected chi connectivity index (χ2v) is 5.20. The topological polar surface area (TPSA) is 93.2 Å². The van der Waals surface area contributed by atoms with Gasteiger partial charge in [-0.3, -0.25) is 4.57 Å². The highest BCUT2D eigenvalue weighted by atomic mass is 16.6. The molecule has 0 spiro atoms. The van der Waals surface area contributed by atoms with Gasteiger partial charge in [0.15, 0.2) is 0 Å². The van der Waals surface area contributed by atoms with Crippen molar-refractivity contribution in [1.82, 2.24) is 9.55 Å². The van der Waals surface area contributed by atoms with Crippen LogP contribution in [0, 0.1) is 23.0 Å². The number of hydrogen-bond donors (Lipinski definition) is 2. The van der Waals surface area contributed by atoms with E-state index in [-0.39, 0.29) is 11.9 Å². The minimum Gasteiger partial charge on any atom is -0.393 e. The van der Waals surface area contributed by atoms with E-state index in [1.807, 2.05) is 0 Å². The fourth-order valence-electron chi connectivity index (χ4n) is 2.51. The molecule has 0 saturated heterocycles. The number of aryl methyl sites for hydroxylation is 1. The van der Waals surface area contributed by atoms with Crippen molar-refractivity contribution in [2.24, 2.45) is 13.0 Å². The Labute approximate surface area is 111 Å². The van der Waals surface area contributed by atoms with Crippen LogP contribution >= 0.6 is 0 Å². The SMILES string of the molecule is Cc1nc([N+](=O)[O-])c(NCC2CCC(O)CC2)n1C. The van der Waals surface area contributed by atoms with Crippen molar-refractivity contribution in [3.63, 3.8) is 0 Å². The summed E-state index contributed by atoms with van der Waals surface area (Å²) in [4.78, 5) is 14.4. The summed E-state index contributed by atoms with van der Waals surface area (Å²) in [6.07, 6.45) is 3.37. The van der Waals surface area contributed by atoms with Gasteiger partial charge in [-0.05, 0) is 41.5 Å². The Morgan fingerprint density at radius 2 is 2.11 bits per heavy atom. The monoisotopic (exact) mass is 268 g/mol. The van der Waals surface area contributed by atoms with E-state index in [2.05, 4.69) is 10.3 Å². The molecule has 7 nitrogen and oxygen atoms in total. The fraction of sp³-hybridized carbons (Fsp3) is 0.750. The average molecular weight is 268 g/mol. The number of anilines is 1. The Hall–Kier alpha value is -1.63. The third-order valence-electron chi connectivity index (χ3n) is 3.85. The molecule has 1 aromatic heterocycles. The molecule has 1 heterocycles. The Kier molecular flexibility index (Phi) is 4.04. The second-order valence-electron chi connectivity index (χ2n) is 5.20. The molecule has 0 radical (unpaired) electrons. The predicted molar refractivity (Wildman–Crippen MR) is 71.1 cm³/mol. The lowest BCUT2D eigenvalue weighted by Crippen LogP contribution is -2.24. The molecule has 2 N–H and O–H groups in total. The minimum absolute atomic E-state index is 0.115. The summed E-state index contributed by atoms with van der Waals surface area (Å²) in [5.41, 5.74) is 0. The minimum atomic E-state index is -0.458. The first-order valence-electron chi connectivity index (χ1n) is 6.58. The molecule has 7 heteroatoms. The van der Waals surface area contributed by atoms with Crippen molar-refractivity contribution in [2.45, 2.75) is 38.7 Å². The first-order valence-corrected chi connectivity index (χ1v) is 6.58. The number of rotatable bonds is 4. The third-order valence-corrected chi connectivity index (χ3v) is 3.85. The zero-order chi connectivity index (χ0) is 14.0. The van der Waals surface area contributed by atoms with Gasteiger partial charge in [0, 0.05) is 20.5 Å². The van der Waals surface area contributed by atoms with Gasteiger partial charge in [0.25, 0.3) is 0 Å². The highest BCUT2D eigenvalue weighted by molar-refractivity contribution is 5.53. The highest BCUT2D eigenvalue weighted by Crippen LogP contribution is 2.27. The van der Waals surface area contributed by atoms with E-state index in [0.717, 1.165) is 25.7 Å². The smallest absolute Gasteiger partial charge is 0.393 e. The van der Waals surface area contributed by atoms with Gasteiger partial charge < -0.3 is 20.5 Å². The molecule has 0 bridgehead atoms. The molecule has 106 valence electrons. The summed E-state index contributed by atoms with van der Waals surface area (Å²) in [6, 6.07) is 0. The molecule has 2 rings (SSSR count). The second kappa shape index (κ2) is 5.56. The Morgan fingerprint density at radius 3 is 2.68 bits per heavy atom. The lowest BCUT2D eigenvalue weighted by molar-refractivity contribution is -0.388. The third kappa shape index (κ3) is 3.04. The Morgan fingerprint density at radius 1 is 1.47 bits per heavy atom. The first kappa shape index (κ1) is 13.8. The van der Waals surface area contributed by atoms with Crippen LogP contribution < -0.4 is 5.32 Å². The standard InChI is InChI=1S/C12H20N4O3/c1-8-14-12(16(18)19)11(15(8)2)13-7-9-3-5-10(17)6-4-9/h9-10,13,17H,3-7H2,1-2H3. The van der Waals surface area contributed by atoms with Crippen molar-refractivity contribution in [3.05, 3.63) is 15.9 Å². The van der Waals surface area contributed by atoms with Crippen molar-refractivity contribution < 1.29 is 10.0 Å². The average Bonchev–Trinajstić information content (AvgIpc) is 2.66. The van der Waals surface area contributed by atoms with E-state index < -0.39 is 4.92 Å². The summed E-state index contributed by atoms with van der Waals surface area (Å²) in [6.45, 7) is 2.43. The van der Waals surface area contributed by atoms with Crippen LogP contribution in [0.3, 0.4) is 0 Å². The maximum Gasteiger partial charge on any atom is 0.406 e. The molecule has 0 aliphatic heterocycles. The summed E-state index contributed by atoms with van der Waals surface area (Å²) >= 11 is 0. The van der Waals surface area contributed by atoms with Crippen molar-refractivity contribution in [2.75, 3.05) is 11.9 Å². The maximum absolute atomic E-state index is 10.9. The van der Waals surface area contributed by atoms with Crippen molar-refractivity contribution in [1.29, 1.82) is 0 Å². The zero-order valence-electron chi connectivity index (χ0n) is 11.3. The summed E-state index contributed by atoms with van der Waals surface area (Å²) < 4.78 is 1.70. The number of aliphatic hydroxyl groups is 1. The number of nitrogens with zero attached hydrogens (tertiary/aromatic N) is 3. The zero-order valence-corrected chi connectivity index (χ0v) is 11.3. The van der Waals surface area contributed by atoms with Gasteiger partial charge in [0.1, 0.15) is 0 Å². The molecule has 1 aromatic rings. The normalized spacial score (nSPS) is 23.3. The van der Waals surface area contributed by atoms with Gasteiger partial charge in [0.2, 0.25) is 11.6 Å². The summed E-state index contributed by atoms with van der Waals surface area (Å²) in [5, 5.41) is 23.5. The molecular weight excluding hydrogens is 248 g/mol. The van der Waals surface area contributed by atoms with Crippen LogP contribution in [0.4, 0.5) is 11.6 Å². The van der Waals surface area contributed by atoms with Crippen LogP contribution in [0.1, 0.15) is 31.5 Å². The Bertz CT molecular complexity index is 464. The van der Waals surface area contributed by atoms with E-state index in [1.54, 1.807) is 18.5 Å². The lowest BCUT2D eigenvalue weighted by Gasteiger charge is -2.25. The van der Waals surface area contributed by atoms with E-state index >= 15 is 0 Å². The molecule has 0 amide bonds. The van der Waals surface area contributed by atoms with Crippen LogP contribution in [0.2, 0.25) is 0 Å². The van der Waals surface area contributed by atoms with Crippen molar-refractivity contribution in [3.8, 4) is 0 Å². The predicted octanol–water partition coefficient (Wildman–Crippen LogP) is 1.60. The molecule has 0 unspecified atom stereocenters. The molecule has 1 fully saturated rings. The highest BCUT2D eigenvalue weighted by Gasteiger charge is 2.25. The van der Waals surface area contributed by atoms with Crippen LogP contribution in [0.5, 0.6) is 0 Å². The van der Waals surface area contributed by atoms with Gasteiger partial charge in [-0.25, -0.2) is 0 Å². The van der Waals surface area contributed by atoms with Crippen molar-refractivity contribution >= 4 is 11.6 Å².